The van der Waals surface area contributed by atoms with Gasteiger partial charge in [-0.2, -0.15) is 0 Å². The van der Waals surface area contributed by atoms with E-state index in [2.05, 4.69) is 20.6 Å². The summed E-state index contributed by atoms with van der Waals surface area (Å²) in [4.78, 5) is 8.49. The number of rotatable bonds is 5. The maximum absolute atomic E-state index is 4.28. The van der Waals surface area contributed by atoms with Crippen molar-refractivity contribution < 1.29 is 0 Å². The minimum Gasteiger partial charge on any atom is -0.367 e. The molecular formula is C14H24N4. The van der Waals surface area contributed by atoms with E-state index in [0.717, 1.165) is 30.6 Å². The largest absolute Gasteiger partial charge is 0.367 e. The van der Waals surface area contributed by atoms with Crippen LogP contribution in [0.25, 0.3) is 0 Å². The lowest BCUT2D eigenvalue weighted by Gasteiger charge is -2.16. The summed E-state index contributed by atoms with van der Waals surface area (Å²) in [5.41, 5.74) is 0.965. The second-order valence-corrected chi connectivity index (χ2v) is 5.06. The van der Waals surface area contributed by atoms with Crippen LogP contribution in [0.3, 0.4) is 0 Å². The summed E-state index contributed by atoms with van der Waals surface area (Å²) in [6, 6.07) is 0.720. The molecule has 0 amide bonds. The average molecular weight is 248 g/mol. The molecule has 1 saturated carbocycles. The zero-order valence-corrected chi connectivity index (χ0v) is 11.3. The van der Waals surface area contributed by atoms with Crippen LogP contribution in [-0.4, -0.2) is 29.1 Å². The van der Waals surface area contributed by atoms with E-state index in [9.17, 15) is 0 Å². The molecule has 0 atom stereocenters. The Morgan fingerprint density at radius 2 is 1.78 bits per heavy atom. The van der Waals surface area contributed by atoms with Crippen molar-refractivity contribution in [2.75, 3.05) is 18.4 Å². The zero-order valence-electron chi connectivity index (χ0n) is 11.3. The van der Waals surface area contributed by atoms with Crippen LogP contribution >= 0.6 is 0 Å². The molecule has 1 aromatic heterocycles. The monoisotopic (exact) mass is 248 g/mol. The van der Waals surface area contributed by atoms with Crippen molar-refractivity contribution in [1.29, 1.82) is 0 Å². The molecule has 1 aliphatic rings. The second-order valence-electron chi connectivity index (χ2n) is 5.06. The Bertz CT molecular complexity index is 345. The van der Waals surface area contributed by atoms with Crippen LogP contribution in [0.1, 0.15) is 44.2 Å². The van der Waals surface area contributed by atoms with E-state index >= 15 is 0 Å². The minimum absolute atomic E-state index is 0.720. The lowest BCUT2D eigenvalue weighted by Crippen LogP contribution is -2.32. The van der Waals surface area contributed by atoms with Crippen LogP contribution in [0.5, 0.6) is 0 Å². The molecule has 1 aliphatic carbocycles. The van der Waals surface area contributed by atoms with Crippen molar-refractivity contribution in [2.45, 2.75) is 51.5 Å². The van der Waals surface area contributed by atoms with Crippen LogP contribution in [0.2, 0.25) is 0 Å². The quantitative estimate of drug-likeness (QED) is 0.621. The van der Waals surface area contributed by atoms with Crippen molar-refractivity contribution in [1.82, 2.24) is 15.3 Å². The van der Waals surface area contributed by atoms with Crippen molar-refractivity contribution in [3.05, 3.63) is 18.1 Å². The first-order valence-corrected chi connectivity index (χ1v) is 7.11. The molecule has 1 aromatic rings. The highest BCUT2D eigenvalue weighted by Crippen LogP contribution is 2.16. The molecule has 18 heavy (non-hydrogen) atoms. The average Bonchev–Trinajstić information content (AvgIpc) is 2.65. The van der Waals surface area contributed by atoms with Crippen LogP contribution in [0.15, 0.2) is 12.4 Å². The summed E-state index contributed by atoms with van der Waals surface area (Å²) in [6.45, 7) is 3.89. The maximum atomic E-state index is 4.28. The highest BCUT2D eigenvalue weighted by atomic mass is 15.0. The predicted molar refractivity (Wildman–Crippen MR) is 74.8 cm³/mol. The van der Waals surface area contributed by atoms with Gasteiger partial charge in [0.1, 0.15) is 5.82 Å². The van der Waals surface area contributed by atoms with Crippen molar-refractivity contribution in [2.24, 2.45) is 0 Å². The van der Waals surface area contributed by atoms with Crippen LogP contribution in [0.4, 0.5) is 5.82 Å². The Labute approximate surface area is 110 Å². The predicted octanol–water partition coefficient (Wildman–Crippen LogP) is 2.51. The van der Waals surface area contributed by atoms with E-state index < -0.39 is 0 Å². The molecule has 4 nitrogen and oxygen atoms in total. The van der Waals surface area contributed by atoms with Gasteiger partial charge in [-0.15, -0.1) is 0 Å². The van der Waals surface area contributed by atoms with Gasteiger partial charge < -0.3 is 10.6 Å². The molecule has 4 heteroatoms. The first kappa shape index (κ1) is 13.3. The number of hydrogen-bond donors (Lipinski definition) is 2. The molecule has 2 N–H and O–H groups in total. The van der Waals surface area contributed by atoms with Gasteiger partial charge >= 0.3 is 0 Å². The number of nitrogens with one attached hydrogen (secondary N) is 2. The van der Waals surface area contributed by atoms with Crippen LogP contribution in [-0.2, 0) is 0 Å². The fourth-order valence-corrected chi connectivity index (χ4v) is 2.52. The second kappa shape index (κ2) is 7.31. The molecule has 0 bridgehead atoms. The third-order valence-corrected chi connectivity index (χ3v) is 3.59. The lowest BCUT2D eigenvalue weighted by atomic mass is 10.1. The molecule has 0 aromatic carbocycles. The van der Waals surface area contributed by atoms with Crippen molar-refractivity contribution in [3.63, 3.8) is 0 Å². The molecule has 2 rings (SSSR count). The third kappa shape index (κ3) is 4.26. The first-order chi connectivity index (χ1) is 8.86. The summed E-state index contributed by atoms with van der Waals surface area (Å²) >= 11 is 0. The first-order valence-electron chi connectivity index (χ1n) is 7.11. The summed E-state index contributed by atoms with van der Waals surface area (Å²) in [6.07, 6.45) is 11.7. The minimum atomic E-state index is 0.720. The topological polar surface area (TPSA) is 49.8 Å². The normalized spacial score (nSPS) is 17.4. The van der Waals surface area contributed by atoms with Crippen molar-refractivity contribution in [3.8, 4) is 0 Å². The molecule has 0 aliphatic heterocycles. The molecular weight excluding hydrogens is 224 g/mol. The third-order valence-electron chi connectivity index (χ3n) is 3.59. The van der Waals surface area contributed by atoms with E-state index in [-0.39, 0.29) is 0 Å². The molecule has 0 saturated heterocycles. The van der Waals surface area contributed by atoms with E-state index in [1.165, 1.54) is 38.5 Å². The van der Waals surface area contributed by atoms with Gasteiger partial charge in [0.05, 0.1) is 5.69 Å². The molecule has 0 radical (unpaired) electrons. The fourth-order valence-electron chi connectivity index (χ4n) is 2.52. The van der Waals surface area contributed by atoms with E-state index in [0.29, 0.717) is 0 Å². The van der Waals surface area contributed by atoms with Crippen LogP contribution in [0, 0.1) is 6.92 Å². The summed E-state index contributed by atoms with van der Waals surface area (Å²) < 4.78 is 0. The van der Waals surface area contributed by atoms with E-state index in [1.54, 1.807) is 12.4 Å². The van der Waals surface area contributed by atoms with Gasteiger partial charge in [-0.1, -0.05) is 25.7 Å². The Morgan fingerprint density at radius 1 is 1.06 bits per heavy atom. The van der Waals surface area contributed by atoms with Crippen molar-refractivity contribution >= 4 is 5.82 Å². The standard InChI is InChI=1S/C14H24N4/c1-12-14(17-10-8-15-12)18-11-9-16-13-6-4-2-3-5-7-13/h8,10,13,16H,2-7,9,11H2,1H3,(H,17,18). The maximum Gasteiger partial charge on any atom is 0.147 e. The summed E-state index contributed by atoms with van der Waals surface area (Å²) in [7, 11) is 0. The van der Waals surface area contributed by atoms with Gasteiger partial charge in [-0.3, -0.25) is 4.98 Å². The molecule has 0 spiro atoms. The number of hydrogen-bond acceptors (Lipinski definition) is 4. The van der Waals surface area contributed by atoms with E-state index in [1.807, 2.05) is 6.92 Å². The van der Waals surface area contributed by atoms with Gasteiger partial charge in [0.2, 0.25) is 0 Å². The number of aryl methyl sites for hydroxylation is 1. The SMILES string of the molecule is Cc1nccnc1NCCNC1CCCCCC1. The highest BCUT2D eigenvalue weighted by molar-refractivity contribution is 5.38. The molecule has 100 valence electrons. The zero-order chi connectivity index (χ0) is 12.6. The van der Waals surface area contributed by atoms with Gasteiger partial charge in [0.15, 0.2) is 0 Å². The number of nitrogens with zero attached hydrogens (tertiary/aromatic N) is 2. The highest BCUT2D eigenvalue weighted by Gasteiger charge is 2.10. The van der Waals surface area contributed by atoms with E-state index in [4.69, 9.17) is 0 Å². The fraction of sp³-hybridized carbons (Fsp3) is 0.714. The van der Waals surface area contributed by atoms with Gasteiger partial charge in [0.25, 0.3) is 0 Å². The smallest absolute Gasteiger partial charge is 0.147 e. The van der Waals surface area contributed by atoms with Crippen LogP contribution < -0.4 is 10.6 Å². The molecule has 1 fully saturated rings. The van der Waals surface area contributed by atoms with Gasteiger partial charge in [-0.25, -0.2) is 4.98 Å². The Morgan fingerprint density at radius 3 is 2.50 bits per heavy atom. The Kier molecular flexibility index (Phi) is 5.39. The van der Waals surface area contributed by atoms with Gasteiger partial charge in [-0.05, 0) is 19.8 Å². The Hall–Kier alpha value is -1.16. The number of anilines is 1. The Balaban J connectivity index is 1.65. The molecule has 0 unspecified atom stereocenters. The molecule has 1 heterocycles. The summed E-state index contributed by atoms with van der Waals surface area (Å²) in [5, 5.41) is 6.97. The van der Waals surface area contributed by atoms with Gasteiger partial charge in [0, 0.05) is 31.5 Å². The lowest BCUT2D eigenvalue weighted by molar-refractivity contribution is 0.468. The number of aromatic nitrogens is 2. The summed E-state index contributed by atoms with van der Waals surface area (Å²) in [5.74, 6) is 0.903.